The topological polar surface area (TPSA) is 55.8 Å². The first-order valence-electron chi connectivity index (χ1n) is 9.03. The summed E-state index contributed by atoms with van der Waals surface area (Å²) in [6, 6.07) is 17.4. The van der Waals surface area contributed by atoms with Crippen LogP contribution in [0.3, 0.4) is 0 Å². The smallest absolute Gasteiger partial charge is 0.185 e. The van der Waals surface area contributed by atoms with Gasteiger partial charge in [-0.2, -0.15) is 0 Å². The Morgan fingerprint density at radius 3 is 2.45 bits per heavy atom. The van der Waals surface area contributed by atoms with Gasteiger partial charge < -0.3 is 14.6 Å². The van der Waals surface area contributed by atoms with Crippen LogP contribution in [0.25, 0.3) is 6.08 Å². The van der Waals surface area contributed by atoms with Gasteiger partial charge in [-0.1, -0.05) is 29.8 Å². The summed E-state index contributed by atoms with van der Waals surface area (Å²) in [4.78, 5) is 12.3. The number of carbonyl (C=O) groups is 1. The molecular formula is C24H21ClO4. The molecule has 0 fully saturated rings. The zero-order valence-electron chi connectivity index (χ0n) is 16.2. The second-order valence-electron chi connectivity index (χ2n) is 6.54. The minimum atomic E-state index is -0.148. The predicted molar refractivity (Wildman–Crippen MR) is 115 cm³/mol. The molecule has 0 amide bonds. The normalized spacial score (nSPS) is 10.9. The standard InChI is InChI=1S/C24H21ClO4/c1-16-3-11-24(21(25)13-16)29-15-19-14-17(5-12-23(19)28-2)4-10-22(27)18-6-8-20(26)9-7-18/h3-14,26H,15H2,1-2H3/b10-4+. The molecule has 0 heterocycles. The van der Waals surface area contributed by atoms with E-state index in [2.05, 4.69) is 0 Å². The Balaban J connectivity index is 1.75. The highest BCUT2D eigenvalue weighted by molar-refractivity contribution is 6.32. The number of ether oxygens (including phenoxy) is 2. The zero-order chi connectivity index (χ0) is 20.8. The lowest BCUT2D eigenvalue weighted by Crippen LogP contribution is -2.00. The Labute approximate surface area is 175 Å². The van der Waals surface area contributed by atoms with Crippen molar-refractivity contribution in [3.63, 3.8) is 0 Å². The van der Waals surface area contributed by atoms with Gasteiger partial charge in [-0.3, -0.25) is 4.79 Å². The number of allylic oxidation sites excluding steroid dienone is 1. The predicted octanol–water partition coefficient (Wildman–Crippen LogP) is 5.84. The molecular weight excluding hydrogens is 388 g/mol. The van der Waals surface area contributed by atoms with E-state index in [-0.39, 0.29) is 18.1 Å². The van der Waals surface area contributed by atoms with Crippen molar-refractivity contribution >= 4 is 23.5 Å². The van der Waals surface area contributed by atoms with Gasteiger partial charge in [0.1, 0.15) is 23.9 Å². The summed E-state index contributed by atoms with van der Waals surface area (Å²) in [5.74, 6) is 1.27. The Hall–Kier alpha value is -3.24. The van der Waals surface area contributed by atoms with Crippen molar-refractivity contribution in [2.75, 3.05) is 7.11 Å². The lowest BCUT2D eigenvalue weighted by atomic mass is 10.1. The average Bonchev–Trinajstić information content (AvgIpc) is 2.72. The summed E-state index contributed by atoms with van der Waals surface area (Å²) in [7, 11) is 1.60. The molecule has 4 nitrogen and oxygen atoms in total. The van der Waals surface area contributed by atoms with Crippen LogP contribution in [-0.4, -0.2) is 18.0 Å². The average molecular weight is 409 g/mol. The van der Waals surface area contributed by atoms with Gasteiger partial charge in [0, 0.05) is 11.1 Å². The number of aromatic hydroxyl groups is 1. The van der Waals surface area contributed by atoms with Gasteiger partial charge in [0.15, 0.2) is 5.78 Å². The van der Waals surface area contributed by atoms with Gasteiger partial charge in [-0.15, -0.1) is 0 Å². The van der Waals surface area contributed by atoms with Gasteiger partial charge in [0.25, 0.3) is 0 Å². The van der Waals surface area contributed by atoms with Crippen LogP contribution in [-0.2, 0) is 6.61 Å². The molecule has 0 aliphatic rings. The highest BCUT2D eigenvalue weighted by Crippen LogP contribution is 2.28. The molecule has 0 aliphatic heterocycles. The monoisotopic (exact) mass is 408 g/mol. The molecule has 3 aromatic rings. The summed E-state index contributed by atoms with van der Waals surface area (Å²) >= 11 is 6.23. The maximum Gasteiger partial charge on any atom is 0.185 e. The maximum atomic E-state index is 12.3. The molecule has 29 heavy (non-hydrogen) atoms. The molecule has 0 aromatic heterocycles. The number of aryl methyl sites for hydroxylation is 1. The number of ketones is 1. The third-order valence-corrected chi connectivity index (χ3v) is 4.65. The second kappa shape index (κ2) is 9.30. The van der Waals surface area contributed by atoms with Gasteiger partial charge >= 0.3 is 0 Å². The minimum absolute atomic E-state index is 0.124. The number of carbonyl (C=O) groups excluding carboxylic acids is 1. The number of hydrogen-bond acceptors (Lipinski definition) is 4. The Kier molecular flexibility index (Phi) is 6.57. The van der Waals surface area contributed by atoms with Crippen LogP contribution >= 0.6 is 11.6 Å². The molecule has 3 rings (SSSR count). The third-order valence-electron chi connectivity index (χ3n) is 4.35. The lowest BCUT2D eigenvalue weighted by Gasteiger charge is -2.12. The molecule has 0 aliphatic carbocycles. The molecule has 0 saturated heterocycles. The summed E-state index contributed by atoms with van der Waals surface area (Å²) in [6.07, 6.45) is 3.23. The van der Waals surface area contributed by atoms with Crippen molar-refractivity contribution in [3.05, 3.63) is 94.0 Å². The lowest BCUT2D eigenvalue weighted by molar-refractivity contribution is 0.104. The molecule has 0 unspecified atom stereocenters. The summed E-state index contributed by atoms with van der Waals surface area (Å²) in [5.41, 5.74) is 3.24. The van der Waals surface area contributed by atoms with Gasteiger partial charge in [0.2, 0.25) is 0 Å². The molecule has 148 valence electrons. The summed E-state index contributed by atoms with van der Waals surface area (Å²) in [5, 5.41) is 9.88. The van der Waals surface area contributed by atoms with E-state index in [0.29, 0.717) is 22.1 Å². The number of benzene rings is 3. The number of hydrogen-bond donors (Lipinski definition) is 1. The fourth-order valence-electron chi connectivity index (χ4n) is 2.79. The Morgan fingerprint density at radius 1 is 1.03 bits per heavy atom. The summed E-state index contributed by atoms with van der Waals surface area (Å²) < 4.78 is 11.3. The van der Waals surface area contributed by atoms with Gasteiger partial charge in [0.05, 0.1) is 12.1 Å². The van der Waals surface area contributed by atoms with Crippen LogP contribution in [0.4, 0.5) is 0 Å². The quantitative estimate of drug-likeness (QED) is 0.394. The van der Waals surface area contributed by atoms with Crippen LogP contribution in [0.1, 0.15) is 27.0 Å². The molecule has 0 atom stereocenters. The maximum absolute atomic E-state index is 12.3. The van der Waals surface area contributed by atoms with E-state index in [0.717, 1.165) is 16.7 Å². The number of rotatable bonds is 7. The Morgan fingerprint density at radius 2 is 1.76 bits per heavy atom. The molecule has 5 heteroatoms. The largest absolute Gasteiger partial charge is 0.508 e. The molecule has 0 bridgehead atoms. The van der Waals surface area contributed by atoms with Crippen molar-refractivity contribution in [1.82, 2.24) is 0 Å². The first kappa shape index (κ1) is 20.5. The third kappa shape index (κ3) is 5.39. The van der Waals surface area contributed by atoms with Crippen molar-refractivity contribution in [3.8, 4) is 17.2 Å². The first-order chi connectivity index (χ1) is 14.0. The van der Waals surface area contributed by atoms with E-state index in [1.807, 2.05) is 43.3 Å². The van der Waals surface area contributed by atoms with Gasteiger partial charge in [-0.25, -0.2) is 0 Å². The van der Waals surface area contributed by atoms with Crippen LogP contribution in [0.2, 0.25) is 5.02 Å². The highest BCUT2D eigenvalue weighted by Gasteiger charge is 2.08. The molecule has 3 aromatic carbocycles. The van der Waals surface area contributed by atoms with Crippen LogP contribution in [0.5, 0.6) is 17.2 Å². The van der Waals surface area contributed by atoms with E-state index >= 15 is 0 Å². The van der Waals surface area contributed by atoms with Crippen LogP contribution < -0.4 is 9.47 Å². The van der Waals surface area contributed by atoms with Crippen molar-refractivity contribution in [2.45, 2.75) is 13.5 Å². The van der Waals surface area contributed by atoms with E-state index in [1.165, 1.54) is 18.2 Å². The number of phenolic OH excluding ortho intramolecular Hbond substituents is 1. The van der Waals surface area contributed by atoms with Crippen molar-refractivity contribution < 1.29 is 19.4 Å². The first-order valence-corrected chi connectivity index (χ1v) is 9.41. The molecule has 0 saturated carbocycles. The zero-order valence-corrected chi connectivity index (χ0v) is 16.9. The fraction of sp³-hybridized carbons (Fsp3) is 0.125. The molecule has 1 N–H and O–H groups in total. The van der Waals surface area contributed by atoms with E-state index in [4.69, 9.17) is 21.1 Å². The van der Waals surface area contributed by atoms with Gasteiger partial charge in [-0.05, 0) is 72.7 Å². The minimum Gasteiger partial charge on any atom is -0.508 e. The second-order valence-corrected chi connectivity index (χ2v) is 6.95. The molecule has 0 radical (unpaired) electrons. The fourth-order valence-corrected chi connectivity index (χ4v) is 3.08. The van der Waals surface area contributed by atoms with Crippen LogP contribution in [0.15, 0.2) is 66.7 Å². The van der Waals surface area contributed by atoms with E-state index in [1.54, 1.807) is 25.3 Å². The van der Waals surface area contributed by atoms with Crippen molar-refractivity contribution in [2.24, 2.45) is 0 Å². The highest BCUT2D eigenvalue weighted by atomic mass is 35.5. The van der Waals surface area contributed by atoms with Crippen LogP contribution in [0, 0.1) is 6.92 Å². The van der Waals surface area contributed by atoms with Crippen molar-refractivity contribution in [1.29, 1.82) is 0 Å². The van der Waals surface area contributed by atoms with E-state index in [9.17, 15) is 9.90 Å². The number of methoxy groups -OCH3 is 1. The Bertz CT molecular complexity index is 1040. The molecule has 0 spiro atoms. The SMILES string of the molecule is COc1ccc(/C=C/C(=O)c2ccc(O)cc2)cc1COc1ccc(C)cc1Cl. The summed E-state index contributed by atoms with van der Waals surface area (Å²) in [6.45, 7) is 2.24. The number of phenols is 1. The number of halogens is 1. The van der Waals surface area contributed by atoms with E-state index < -0.39 is 0 Å².